The summed E-state index contributed by atoms with van der Waals surface area (Å²) in [6.07, 6.45) is -5.50. The molecule has 1 fully saturated rings. The van der Waals surface area contributed by atoms with Crippen molar-refractivity contribution in [1.29, 1.82) is 0 Å². The molecule has 7 heteroatoms. The van der Waals surface area contributed by atoms with E-state index in [1.807, 2.05) is 0 Å². The molecule has 3 nitrogen and oxygen atoms in total. The summed E-state index contributed by atoms with van der Waals surface area (Å²) < 4.78 is 38.4. The van der Waals surface area contributed by atoms with E-state index in [0.717, 1.165) is 4.90 Å². The van der Waals surface area contributed by atoms with Crippen LogP contribution in [0.4, 0.5) is 13.2 Å². The molecule has 1 amide bonds. The van der Waals surface area contributed by atoms with Crippen molar-refractivity contribution in [2.75, 3.05) is 0 Å². The van der Waals surface area contributed by atoms with E-state index in [2.05, 4.69) is 0 Å². The van der Waals surface area contributed by atoms with Crippen LogP contribution in [0.25, 0.3) is 0 Å². The lowest BCUT2D eigenvalue weighted by Crippen LogP contribution is -2.52. The Kier molecular flexibility index (Phi) is 4.49. The Hall–Kier alpha value is -1.27. The Balaban J connectivity index is 2.40. The van der Waals surface area contributed by atoms with E-state index in [0.29, 0.717) is 10.6 Å². The highest BCUT2D eigenvalue weighted by molar-refractivity contribution is 6.30. The predicted octanol–water partition coefficient (Wildman–Crippen LogP) is 3.32. The van der Waals surface area contributed by atoms with Crippen LogP contribution < -0.4 is 0 Å². The van der Waals surface area contributed by atoms with Crippen molar-refractivity contribution in [3.05, 3.63) is 34.9 Å². The highest BCUT2D eigenvalue weighted by Gasteiger charge is 2.48. The molecule has 1 aromatic carbocycles. The quantitative estimate of drug-likeness (QED) is 0.862. The zero-order valence-electron chi connectivity index (χ0n) is 11.3. The van der Waals surface area contributed by atoms with Gasteiger partial charge in [0.15, 0.2) is 0 Å². The molecule has 3 unspecified atom stereocenters. The van der Waals surface area contributed by atoms with Crippen molar-refractivity contribution in [2.45, 2.75) is 44.1 Å². The van der Waals surface area contributed by atoms with Gasteiger partial charge in [-0.2, -0.15) is 13.2 Å². The normalized spacial score (nSPS) is 26.8. The Morgan fingerprint density at radius 2 is 2.05 bits per heavy atom. The standard InChI is InChI=1S/C14H15ClF3NO2/c1-8-5-11(20)7-12(9-3-2-4-10(15)6-9)19(8)13(21)14(16,17)18/h2-4,6,8,11-12,20H,5,7H2,1H3. The number of aliphatic hydroxyl groups is 1. The van der Waals surface area contributed by atoms with Gasteiger partial charge < -0.3 is 10.0 Å². The van der Waals surface area contributed by atoms with Crippen molar-refractivity contribution in [3.8, 4) is 0 Å². The molecule has 1 aliphatic rings. The first-order valence-corrected chi connectivity index (χ1v) is 6.91. The van der Waals surface area contributed by atoms with Gasteiger partial charge in [0.2, 0.25) is 0 Å². The highest BCUT2D eigenvalue weighted by atomic mass is 35.5. The molecular formula is C14H15ClF3NO2. The average Bonchev–Trinajstić information content (AvgIpc) is 2.36. The van der Waals surface area contributed by atoms with E-state index in [1.165, 1.54) is 13.0 Å². The third-order valence-electron chi connectivity index (χ3n) is 3.63. The third-order valence-corrected chi connectivity index (χ3v) is 3.86. The molecule has 0 saturated carbocycles. The highest BCUT2D eigenvalue weighted by Crippen LogP contribution is 2.38. The second-order valence-electron chi connectivity index (χ2n) is 5.26. The summed E-state index contributed by atoms with van der Waals surface area (Å²) in [4.78, 5) is 12.5. The van der Waals surface area contributed by atoms with Gasteiger partial charge in [-0.1, -0.05) is 23.7 Å². The first kappa shape index (κ1) is 16.1. The van der Waals surface area contributed by atoms with E-state index in [-0.39, 0.29) is 12.8 Å². The molecule has 1 N–H and O–H groups in total. The van der Waals surface area contributed by atoms with Crippen molar-refractivity contribution < 1.29 is 23.1 Å². The molecule has 0 spiro atoms. The zero-order chi connectivity index (χ0) is 15.8. The van der Waals surface area contributed by atoms with Crippen LogP contribution >= 0.6 is 11.6 Å². The Bertz CT molecular complexity index is 535. The van der Waals surface area contributed by atoms with Gasteiger partial charge >= 0.3 is 12.1 Å². The van der Waals surface area contributed by atoms with Gasteiger partial charge in [-0.3, -0.25) is 4.79 Å². The molecule has 0 aromatic heterocycles. The molecule has 0 bridgehead atoms. The van der Waals surface area contributed by atoms with Crippen LogP contribution in [0.5, 0.6) is 0 Å². The monoisotopic (exact) mass is 321 g/mol. The largest absolute Gasteiger partial charge is 0.471 e. The van der Waals surface area contributed by atoms with E-state index in [4.69, 9.17) is 11.6 Å². The Labute approximate surface area is 125 Å². The molecular weight excluding hydrogens is 307 g/mol. The van der Waals surface area contributed by atoms with Crippen molar-refractivity contribution >= 4 is 17.5 Å². The van der Waals surface area contributed by atoms with Gasteiger partial charge in [0.25, 0.3) is 0 Å². The Morgan fingerprint density at radius 1 is 1.38 bits per heavy atom. The number of benzene rings is 1. The van der Waals surface area contributed by atoms with Crippen LogP contribution in [0, 0.1) is 0 Å². The summed E-state index contributed by atoms with van der Waals surface area (Å²) in [5.74, 6) is -1.88. The molecule has 1 aromatic rings. The summed E-state index contributed by atoms with van der Waals surface area (Å²) in [7, 11) is 0. The fourth-order valence-electron chi connectivity index (χ4n) is 2.78. The predicted molar refractivity (Wildman–Crippen MR) is 71.8 cm³/mol. The second kappa shape index (κ2) is 5.85. The molecule has 0 aliphatic carbocycles. The molecule has 21 heavy (non-hydrogen) atoms. The lowest BCUT2D eigenvalue weighted by atomic mass is 9.89. The number of aliphatic hydroxyl groups excluding tert-OH is 1. The van der Waals surface area contributed by atoms with E-state index < -0.39 is 30.3 Å². The minimum absolute atomic E-state index is 0.0620. The SMILES string of the molecule is CC1CC(O)CC(c2cccc(Cl)c2)N1C(=O)C(F)(F)F. The molecule has 3 atom stereocenters. The maximum atomic E-state index is 12.8. The first-order valence-electron chi connectivity index (χ1n) is 6.53. The van der Waals surface area contributed by atoms with Crippen LogP contribution in [0.3, 0.4) is 0 Å². The topological polar surface area (TPSA) is 40.5 Å². The number of nitrogens with zero attached hydrogens (tertiary/aromatic N) is 1. The Morgan fingerprint density at radius 3 is 2.62 bits per heavy atom. The summed E-state index contributed by atoms with van der Waals surface area (Å²) >= 11 is 5.87. The minimum atomic E-state index is -4.94. The van der Waals surface area contributed by atoms with Gasteiger partial charge in [-0.05, 0) is 37.5 Å². The van der Waals surface area contributed by atoms with Crippen molar-refractivity contribution in [2.24, 2.45) is 0 Å². The third kappa shape index (κ3) is 3.49. The smallest absolute Gasteiger partial charge is 0.393 e. The summed E-state index contributed by atoms with van der Waals surface area (Å²) in [5, 5.41) is 10.2. The van der Waals surface area contributed by atoms with E-state index in [9.17, 15) is 23.1 Å². The van der Waals surface area contributed by atoms with Crippen LogP contribution in [0.15, 0.2) is 24.3 Å². The number of amides is 1. The van der Waals surface area contributed by atoms with Gasteiger partial charge in [0.1, 0.15) is 0 Å². The van der Waals surface area contributed by atoms with Gasteiger partial charge in [-0.25, -0.2) is 0 Å². The number of hydrogen-bond donors (Lipinski definition) is 1. The van der Waals surface area contributed by atoms with Gasteiger partial charge in [-0.15, -0.1) is 0 Å². The zero-order valence-corrected chi connectivity index (χ0v) is 12.0. The summed E-state index contributed by atoms with van der Waals surface area (Å²) in [6.45, 7) is 1.50. The number of piperidine rings is 1. The molecule has 2 rings (SSSR count). The number of halogens is 4. The number of likely N-dealkylation sites (tertiary alicyclic amines) is 1. The van der Waals surface area contributed by atoms with Crippen molar-refractivity contribution in [1.82, 2.24) is 4.90 Å². The number of alkyl halides is 3. The lowest BCUT2D eigenvalue weighted by Gasteiger charge is -2.43. The molecule has 116 valence electrons. The lowest BCUT2D eigenvalue weighted by molar-refractivity contribution is -0.194. The van der Waals surface area contributed by atoms with Crippen LogP contribution in [-0.4, -0.2) is 34.2 Å². The number of rotatable bonds is 1. The molecule has 1 saturated heterocycles. The maximum absolute atomic E-state index is 12.8. The molecule has 0 radical (unpaired) electrons. The van der Waals surface area contributed by atoms with Crippen LogP contribution in [-0.2, 0) is 4.79 Å². The fourth-order valence-corrected chi connectivity index (χ4v) is 2.98. The first-order chi connectivity index (χ1) is 9.70. The second-order valence-corrected chi connectivity index (χ2v) is 5.69. The number of carbonyl (C=O) groups is 1. The van der Waals surface area contributed by atoms with E-state index in [1.54, 1.807) is 18.2 Å². The van der Waals surface area contributed by atoms with Crippen molar-refractivity contribution in [3.63, 3.8) is 0 Å². The minimum Gasteiger partial charge on any atom is -0.393 e. The van der Waals surface area contributed by atoms with E-state index >= 15 is 0 Å². The average molecular weight is 322 g/mol. The molecule has 1 heterocycles. The summed E-state index contributed by atoms with van der Waals surface area (Å²) in [5.41, 5.74) is 0.491. The van der Waals surface area contributed by atoms with Gasteiger partial charge in [0.05, 0.1) is 12.1 Å². The fraction of sp³-hybridized carbons (Fsp3) is 0.500. The summed E-state index contributed by atoms with van der Waals surface area (Å²) in [6, 6.07) is 4.80. The number of carbonyl (C=O) groups excluding carboxylic acids is 1. The number of hydrogen-bond acceptors (Lipinski definition) is 2. The van der Waals surface area contributed by atoms with Crippen LogP contribution in [0.2, 0.25) is 5.02 Å². The maximum Gasteiger partial charge on any atom is 0.471 e. The molecule has 1 aliphatic heterocycles. The van der Waals surface area contributed by atoms with Gasteiger partial charge in [0, 0.05) is 11.1 Å². The van der Waals surface area contributed by atoms with Crippen LogP contribution in [0.1, 0.15) is 31.4 Å².